The number of benzene rings is 2. The number of nitrogens with two attached hydrogens (primary N) is 1. The lowest BCUT2D eigenvalue weighted by molar-refractivity contribution is 0.0997. The van der Waals surface area contributed by atoms with Crippen molar-refractivity contribution in [2.75, 3.05) is 27.3 Å². The van der Waals surface area contributed by atoms with Gasteiger partial charge in [0, 0.05) is 32.8 Å². The Bertz CT molecular complexity index is 1490. The van der Waals surface area contributed by atoms with E-state index in [4.69, 9.17) is 9.88 Å². The van der Waals surface area contributed by atoms with E-state index in [9.17, 15) is 21.6 Å². The summed E-state index contributed by atoms with van der Waals surface area (Å²) >= 11 is 1.14. The number of rotatable bonds is 10. The molecule has 0 aliphatic rings. The van der Waals surface area contributed by atoms with Gasteiger partial charge in [0.2, 0.25) is 20.0 Å². The molecule has 0 radical (unpaired) electrons. The van der Waals surface area contributed by atoms with Crippen LogP contribution in [-0.2, 0) is 31.3 Å². The first-order valence-corrected chi connectivity index (χ1v) is 14.6. The second-order valence-electron chi connectivity index (χ2n) is 7.83. The number of unbranched alkanes of at least 4 members (excludes halogenated alkanes) is 1. The van der Waals surface area contributed by atoms with Gasteiger partial charge in [-0.3, -0.25) is 4.79 Å². The van der Waals surface area contributed by atoms with Gasteiger partial charge in [0.05, 0.1) is 26.6 Å². The molecule has 2 aromatic carbocycles. The normalized spacial score (nSPS) is 13.1. The Hall–Kier alpha value is -2.42. The number of methoxy groups -OCH3 is 1. The lowest BCUT2D eigenvalue weighted by atomic mass is 10.2. The van der Waals surface area contributed by atoms with Crippen molar-refractivity contribution in [1.82, 2.24) is 8.87 Å². The van der Waals surface area contributed by atoms with E-state index in [1.165, 1.54) is 47.8 Å². The quantitative estimate of drug-likeness (QED) is 0.418. The molecule has 1 heterocycles. The number of amides is 1. The number of hydrogen-bond acceptors (Lipinski definition) is 7. The minimum absolute atomic E-state index is 0.0382. The van der Waals surface area contributed by atoms with Gasteiger partial charge in [-0.05, 0) is 48.9 Å². The van der Waals surface area contributed by atoms with Gasteiger partial charge in [-0.1, -0.05) is 24.7 Å². The first kappa shape index (κ1) is 27.2. The maximum atomic E-state index is 12.9. The zero-order valence-electron chi connectivity index (χ0n) is 19.7. The number of carbonyl (C=O) groups excluding carboxylic acids is 1. The van der Waals surface area contributed by atoms with Gasteiger partial charge in [0.1, 0.15) is 0 Å². The summed E-state index contributed by atoms with van der Waals surface area (Å²) in [4.78, 5) is 17.5. The minimum Gasteiger partial charge on any atom is -0.383 e. The Kier molecular flexibility index (Phi) is 8.62. The zero-order valence-corrected chi connectivity index (χ0v) is 22.1. The van der Waals surface area contributed by atoms with Crippen LogP contribution in [-0.4, -0.2) is 58.9 Å². The summed E-state index contributed by atoms with van der Waals surface area (Å²) in [5, 5.41) is 5.24. The van der Waals surface area contributed by atoms with Gasteiger partial charge in [0.25, 0.3) is 5.91 Å². The highest BCUT2D eigenvalue weighted by atomic mass is 32.2. The van der Waals surface area contributed by atoms with Crippen LogP contribution in [0, 0.1) is 0 Å². The minimum atomic E-state index is -3.89. The lowest BCUT2D eigenvalue weighted by Crippen LogP contribution is -2.27. The van der Waals surface area contributed by atoms with Crippen LogP contribution in [0.15, 0.2) is 57.2 Å². The first-order chi connectivity index (χ1) is 16.5. The Morgan fingerprint density at radius 1 is 1.11 bits per heavy atom. The summed E-state index contributed by atoms with van der Waals surface area (Å²) in [6, 6.07) is 10.1. The van der Waals surface area contributed by atoms with Crippen molar-refractivity contribution in [3.05, 3.63) is 52.8 Å². The lowest BCUT2D eigenvalue weighted by Gasteiger charge is -2.16. The highest BCUT2D eigenvalue weighted by molar-refractivity contribution is 7.89. The summed E-state index contributed by atoms with van der Waals surface area (Å²) < 4.78 is 57.7. The number of fused-ring (bicyclic) bond motifs is 1. The smallest absolute Gasteiger partial charge is 0.279 e. The molecular formula is C22H28N4O6S3. The van der Waals surface area contributed by atoms with E-state index in [1.807, 2.05) is 6.92 Å². The van der Waals surface area contributed by atoms with Gasteiger partial charge >= 0.3 is 0 Å². The Labute approximate surface area is 208 Å². The Balaban J connectivity index is 1.98. The van der Waals surface area contributed by atoms with Crippen molar-refractivity contribution in [1.29, 1.82) is 0 Å². The fraction of sp³-hybridized carbons (Fsp3) is 0.364. The Morgan fingerprint density at radius 3 is 2.37 bits per heavy atom. The molecule has 2 N–H and O–H groups in total. The van der Waals surface area contributed by atoms with Crippen LogP contribution in [0.25, 0.3) is 10.2 Å². The second kappa shape index (κ2) is 11.1. The van der Waals surface area contributed by atoms with E-state index in [0.717, 1.165) is 24.2 Å². The molecule has 0 aliphatic heterocycles. The van der Waals surface area contributed by atoms with Crippen molar-refractivity contribution < 1.29 is 26.4 Å². The fourth-order valence-electron chi connectivity index (χ4n) is 3.32. The number of sulfonamides is 2. The highest BCUT2D eigenvalue weighted by Crippen LogP contribution is 2.22. The predicted octanol–water partition coefficient (Wildman–Crippen LogP) is 2.16. The van der Waals surface area contributed by atoms with E-state index in [1.54, 1.807) is 17.7 Å². The summed E-state index contributed by atoms with van der Waals surface area (Å²) in [6.45, 7) is 3.13. The molecule has 0 atom stereocenters. The third kappa shape index (κ3) is 6.23. The summed E-state index contributed by atoms with van der Waals surface area (Å²) in [5.74, 6) is -0.558. The Morgan fingerprint density at radius 2 is 1.77 bits per heavy atom. The molecule has 0 saturated heterocycles. The highest BCUT2D eigenvalue weighted by Gasteiger charge is 2.20. The van der Waals surface area contributed by atoms with Crippen molar-refractivity contribution >= 4 is 47.5 Å². The SMILES string of the molecule is CCCCN(C)S(=O)(=O)c1ccc(C(=O)N=c2sc3cc(S(N)(=O)=O)ccc3n2CCOC)cc1. The molecule has 0 saturated carbocycles. The van der Waals surface area contributed by atoms with Gasteiger partial charge in [-0.15, -0.1) is 0 Å². The molecule has 3 rings (SSSR count). The molecular weight excluding hydrogens is 512 g/mol. The predicted molar refractivity (Wildman–Crippen MR) is 134 cm³/mol. The van der Waals surface area contributed by atoms with E-state index in [-0.39, 0.29) is 15.4 Å². The number of aromatic nitrogens is 1. The van der Waals surface area contributed by atoms with E-state index < -0.39 is 26.0 Å². The first-order valence-electron chi connectivity index (χ1n) is 10.8. The number of thiazole rings is 1. The molecule has 0 unspecified atom stereocenters. The van der Waals surface area contributed by atoms with Crippen molar-refractivity contribution in [2.45, 2.75) is 36.1 Å². The van der Waals surface area contributed by atoms with E-state index in [2.05, 4.69) is 4.99 Å². The van der Waals surface area contributed by atoms with E-state index >= 15 is 0 Å². The third-order valence-electron chi connectivity index (χ3n) is 5.33. The average molecular weight is 541 g/mol. The summed E-state index contributed by atoms with van der Waals surface area (Å²) in [5.41, 5.74) is 0.906. The number of hydrogen-bond donors (Lipinski definition) is 1. The second-order valence-corrected chi connectivity index (χ2v) is 12.4. The molecule has 1 aromatic heterocycles. The zero-order chi connectivity index (χ0) is 25.8. The van der Waals surface area contributed by atoms with Crippen molar-refractivity contribution in [3.63, 3.8) is 0 Å². The van der Waals surface area contributed by atoms with Crippen LogP contribution in [0.5, 0.6) is 0 Å². The van der Waals surface area contributed by atoms with Crippen molar-refractivity contribution in [3.8, 4) is 0 Å². The molecule has 190 valence electrons. The molecule has 3 aromatic rings. The molecule has 0 bridgehead atoms. The van der Waals surface area contributed by atoms with Crippen LogP contribution in [0.4, 0.5) is 0 Å². The molecule has 0 spiro atoms. The van der Waals surface area contributed by atoms with Crippen LogP contribution < -0.4 is 9.94 Å². The summed E-state index contributed by atoms with van der Waals surface area (Å²) in [6.07, 6.45) is 1.63. The van der Waals surface area contributed by atoms with Crippen molar-refractivity contribution in [2.24, 2.45) is 10.1 Å². The number of ether oxygens (including phenoxy) is 1. The van der Waals surface area contributed by atoms with Gasteiger partial charge in [-0.2, -0.15) is 4.99 Å². The standard InChI is InChI=1S/C22H28N4O6S3/c1-4-5-12-25(2)35(30,31)17-8-6-16(7-9-17)21(27)24-22-26(13-14-32-3)19-11-10-18(34(23,28)29)15-20(19)33-22/h6-11,15H,4-5,12-14H2,1-3H3,(H2,23,28,29). The number of nitrogens with zero attached hydrogens (tertiary/aromatic N) is 3. The molecule has 0 aliphatic carbocycles. The average Bonchev–Trinajstić information content (AvgIpc) is 3.16. The molecule has 13 heteroatoms. The van der Waals surface area contributed by atoms with Gasteiger partial charge in [0.15, 0.2) is 4.80 Å². The van der Waals surface area contributed by atoms with Gasteiger partial charge in [-0.25, -0.2) is 26.3 Å². The molecule has 1 amide bonds. The number of carbonyl (C=O) groups is 1. The van der Waals surface area contributed by atoms with E-state index in [0.29, 0.717) is 34.7 Å². The van der Waals surface area contributed by atoms with Crippen LogP contribution in [0.3, 0.4) is 0 Å². The third-order valence-corrected chi connectivity index (χ3v) is 9.16. The van der Waals surface area contributed by atoms with Gasteiger partial charge < -0.3 is 9.30 Å². The molecule has 0 fully saturated rings. The molecule has 35 heavy (non-hydrogen) atoms. The van der Waals surface area contributed by atoms with Crippen LogP contribution in [0.1, 0.15) is 30.1 Å². The maximum absolute atomic E-state index is 12.9. The fourth-order valence-corrected chi connectivity index (χ4v) is 6.23. The topological polar surface area (TPSA) is 141 Å². The van der Waals surface area contributed by atoms with Crippen LogP contribution >= 0.6 is 11.3 Å². The number of primary sulfonamides is 1. The maximum Gasteiger partial charge on any atom is 0.279 e. The van der Waals surface area contributed by atoms with Crippen LogP contribution in [0.2, 0.25) is 0 Å². The largest absolute Gasteiger partial charge is 0.383 e. The summed E-state index contributed by atoms with van der Waals surface area (Å²) in [7, 11) is -4.46. The monoisotopic (exact) mass is 540 g/mol. The molecule has 10 nitrogen and oxygen atoms in total.